The van der Waals surface area contributed by atoms with Gasteiger partial charge in [-0.3, -0.25) is 14.8 Å². The van der Waals surface area contributed by atoms with Gasteiger partial charge in [-0.2, -0.15) is 0 Å². The predicted octanol–water partition coefficient (Wildman–Crippen LogP) is 5.06. The average molecular weight is 351 g/mol. The summed E-state index contributed by atoms with van der Waals surface area (Å²) in [4.78, 5) is 20.9. The van der Waals surface area contributed by atoms with Gasteiger partial charge < -0.3 is 5.32 Å². The molecule has 0 saturated heterocycles. The molecule has 0 aliphatic rings. The first kappa shape index (κ1) is 16.7. The molecule has 0 fully saturated rings. The summed E-state index contributed by atoms with van der Waals surface area (Å²) in [5.74, 6) is -0.186. The van der Waals surface area contributed by atoms with Crippen LogP contribution in [-0.2, 0) is 0 Å². The molecule has 2 aromatic carbocycles. The second-order valence-corrected chi connectivity index (χ2v) is 6.07. The van der Waals surface area contributed by atoms with Gasteiger partial charge in [0.25, 0.3) is 5.91 Å². The maximum atomic E-state index is 12.5. The number of benzene rings is 2. The summed E-state index contributed by atoms with van der Waals surface area (Å²) in [5, 5.41) is 2.94. The Morgan fingerprint density at radius 3 is 2.26 bits per heavy atom. The fourth-order valence-electron chi connectivity index (χ4n) is 2.83. The number of nitrogens with zero attached hydrogens (tertiary/aromatic N) is 2. The Hall–Kier alpha value is -3.79. The molecule has 0 bridgehead atoms. The summed E-state index contributed by atoms with van der Waals surface area (Å²) >= 11 is 0. The summed E-state index contributed by atoms with van der Waals surface area (Å²) < 4.78 is 0. The third-order valence-corrected chi connectivity index (χ3v) is 4.23. The van der Waals surface area contributed by atoms with Crippen molar-refractivity contribution in [2.75, 3.05) is 5.32 Å². The van der Waals surface area contributed by atoms with Crippen molar-refractivity contribution in [3.05, 3.63) is 103 Å². The predicted molar refractivity (Wildman–Crippen MR) is 107 cm³/mol. The fourth-order valence-corrected chi connectivity index (χ4v) is 2.83. The minimum atomic E-state index is -0.186. The highest BCUT2D eigenvalue weighted by atomic mass is 16.1. The van der Waals surface area contributed by atoms with Crippen molar-refractivity contribution in [3.8, 4) is 22.4 Å². The molecule has 0 aliphatic heterocycles. The van der Waals surface area contributed by atoms with Gasteiger partial charge in [-0.25, -0.2) is 0 Å². The Kier molecular flexibility index (Phi) is 4.70. The van der Waals surface area contributed by atoms with Crippen molar-refractivity contribution >= 4 is 11.6 Å². The van der Waals surface area contributed by atoms with E-state index in [0.29, 0.717) is 5.56 Å². The summed E-state index contributed by atoms with van der Waals surface area (Å²) in [6.07, 6.45) is 5.03. The molecular formula is C23H17N3O. The van der Waals surface area contributed by atoms with E-state index in [4.69, 9.17) is 0 Å². The molecule has 4 aromatic rings. The van der Waals surface area contributed by atoms with Crippen LogP contribution in [0.4, 0.5) is 5.69 Å². The third-order valence-electron chi connectivity index (χ3n) is 4.23. The van der Waals surface area contributed by atoms with Crippen molar-refractivity contribution in [2.24, 2.45) is 0 Å². The van der Waals surface area contributed by atoms with Crippen LogP contribution in [0, 0.1) is 0 Å². The molecule has 0 aliphatic carbocycles. The Labute approximate surface area is 157 Å². The SMILES string of the molecule is O=C(Nc1cccc(-c2ccccc2)c1)c1ccc(-c2ccncc2)nc1. The van der Waals surface area contributed by atoms with E-state index in [1.807, 2.05) is 72.8 Å². The molecule has 27 heavy (non-hydrogen) atoms. The van der Waals surface area contributed by atoms with Gasteiger partial charge in [0.2, 0.25) is 0 Å². The van der Waals surface area contributed by atoms with Crippen LogP contribution in [0.1, 0.15) is 10.4 Å². The van der Waals surface area contributed by atoms with Crippen LogP contribution in [0.15, 0.2) is 97.5 Å². The molecule has 0 unspecified atom stereocenters. The van der Waals surface area contributed by atoms with E-state index >= 15 is 0 Å². The number of carbonyl (C=O) groups excluding carboxylic acids is 1. The second kappa shape index (κ2) is 7.62. The molecule has 4 rings (SSSR count). The van der Waals surface area contributed by atoms with Gasteiger partial charge in [0.05, 0.1) is 11.3 Å². The van der Waals surface area contributed by atoms with Crippen LogP contribution < -0.4 is 5.32 Å². The second-order valence-electron chi connectivity index (χ2n) is 6.07. The highest BCUT2D eigenvalue weighted by Crippen LogP contribution is 2.23. The lowest BCUT2D eigenvalue weighted by Gasteiger charge is -2.08. The fraction of sp³-hybridized carbons (Fsp3) is 0. The maximum Gasteiger partial charge on any atom is 0.257 e. The molecule has 0 saturated carbocycles. The first-order valence-electron chi connectivity index (χ1n) is 8.63. The molecular weight excluding hydrogens is 334 g/mol. The summed E-state index contributed by atoms with van der Waals surface area (Å²) in [5.41, 5.74) is 5.20. The largest absolute Gasteiger partial charge is 0.322 e. The molecule has 130 valence electrons. The first-order valence-corrected chi connectivity index (χ1v) is 8.63. The van der Waals surface area contributed by atoms with E-state index < -0.39 is 0 Å². The van der Waals surface area contributed by atoms with Crippen molar-refractivity contribution in [1.82, 2.24) is 9.97 Å². The Balaban J connectivity index is 1.51. The van der Waals surface area contributed by atoms with Gasteiger partial charge in [-0.15, -0.1) is 0 Å². The zero-order chi connectivity index (χ0) is 18.5. The molecule has 1 amide bonds. The zero-order valence-corrected chi connectivity index (χ0v) is 14.5. The number of hydrogen-bond acceptors (Lipinski definition) is 3. The minimum Gasteiger partial charge on any atom is -0.322 e. The van der Waals surface area contributed by atoms with Crippen LogP contribution in [0.25, 0.3) is 22.4 Å². The number of aromatic nitrogens is 2. The molecule has 0 radical (unpaired) electrons. The van der Waals surface area contributed by atoms with Gasteiger partial charge in [0.1, 0.15) is 0 Å². The van der Waals surface area contributed by atoms with Crippen molar-refractivity contribution in [1.29, 1.82) is 0 Å². The monoisotopic (exact) mass is 351 g/mol. The number of rotatable bonds is 4. The summed E-state index contributed by atoms with van der Waals surface area (Å²) in [6, 6.07) is 25.3. The van der Waals surface area contributed by atoms with Gasteiger partial charge in [-0.05, 0) is 47.5 Å². The van der Waals surface area contributed by atoms with Crippen molar-refractivity contribution < 1.29 is 4.79 Å². The van der Waals surface area contributed by atoms with Crippen molar-refractivity contribution in [2.45, 2.75) is 0 Å². The van der Waals surface area contributed by atoms with E-state index in [2.05, 4.69) is 15.3 Å². The van der Waals surface area contributed by atoms with Gasteiger partial charge >= 0.3 is 0 Å². The highest BCUT2D eigenvalue weighted by Gasteiger charge is 2.08. The van der Waals surface area contributed by atoms with E-state index in [1.54, 1.807) is 24.7 Å². The van der Waals surface area contributed by atoms with E-state index in [-0.39, 0.29) is 5.91 Å². The molecule has 0 spiro atoms. The Bertz CT molecular complexity index is 1050. The van der Waals surface area contributed by atoms with Gasteiger partial charge in [0.15, 0.2) is 0 Å². The molecule has 0 atom stereocenters. The maximum absolute atomic E-state index is 12.5. The number of anilines is 1. The number of nitrogens with one attached hydrogen (secondary N) is 1. The van der Waals surface area contributed by atoms with E-state index in [0.717, 1.165) is 28.1 Å². The topological polar surface area (TPSA) is 54.9 Å². The van der Waals surface area contributed by atoms with Gasteiger partial charge in [-0.1, -0.05) is 42.5 Å². The molecule has 1 N–H and O–H groups in total. The van der Waals surface area contributed by atoms with E-state index in [9.17, 15) is 4.79 Å². The molecule has 2 aromatic heterocycles. The van der Waals surface area contributed by atoms with Crippen LogP contribution >= 0.6 is 0 Å². The molecule has 4 nitrogen and oxygen atoms in total. The van der Waals surface area contributed by atoms with E-state index in [1.165, 1.54) is 0 Å². The average Bonchev–Trinajstić information content (AvgIpc) is 2.75. The quantitative estimate of drug-likeness (QED) is 0.559. The van der Waals surface area contributed by atoms with Crippen molar-refractivity contribution in [3.63, 3.8) is 0 Å². The van der Waals surface area contributed by atoms with Crippen LogP contribution in [0.2, 0.25) is 0 Å². The van der Waals surface area contributed by atoms with Crippen LogP contribution in [-0.4, -0.2) is 15.9 Å². The lowest BCUT2D eigenvalue weighted by Crippen LogP contribution is -2.12. The number of amides is 1. The number of carbonyl (C=O) groups is 1. The number of hydrogen-bond donors (Lipinski definition) is 1. The molecule has 4 heteroatoms. The third kappa shape index (κ3) is 3.90. The zero-order valence-electron chi connectivity index (χ0n) is 14.5. The standard InChI is InChI=1S/C23H17N3O/c27-23(20-9-10-22(25-16-20)18-11-13-24-14-12-18)26-21-8-4-7-19(15-21)17-5-2-1-3-6-17/h1-16H,(H,26,27). The Morgan fingerprint density at radius 1 is 0.741 bits per heavy atom. The van der Waals surface area contributed by atoms with Gasteiger partial charge in [0, 0.05) is 29.8 Å². The smallest absolute Gasteiger partial charge is 0.257 e. The first-order chi connectivity index (χ1) is 13.3. The van der Waals surface area contributed by atoms with Crippen LogP contribution in [0.3, 0.4) is 0 Å². The van der Waals surface area contributed by atoms with Crippen LogP contribution in [0.5, 0.6) is 0 Å². The normalized spacial score (nSPS) is 10.4. The summed E-state index contributed by atoms with van der Waals surface area (Å²) in [6.45, 7) is 0. The lowest BCUT2D eigenvalue weighted by atomic mass is 10.1. The Morgan fingerprint density at radius 2 is 1.52 bits per heavy atom. The highest BCUT2D eigenvalue weighted by molar-refractivity contribution is 6.04. The summed E-state index contributed by atoms with van der Waals surface area (Å²) in [7, 11) is 0. The minimum absolute atomic E-state index is 0.186. The lowest BCUT2D eigenvalue weighted by molar-refractivity contribution is 0.102. The molecule has 2 heterocycles. The number of pyridine rings is 2.